The quantitative estimate of drug-likeness (QED) is 0.348. The molecule has 1 aromatic rings. The minimum Gasteiger partial charge on any atom is -0.393 e. The fourth-order valence-electron chi connectivity index (χ4n) is 0.963. The van der Waals surface area contributed by atoms with Gasteiger partial charge in [0, 0.05) is 13.0 Å². The zero-order valence-corrected chi connectivity index (χ0v) is 7.91. The second-order valence-electron chi connectivity index (χ2n) is 2.54. The number of nitrogen functional groups attached to an aromatic ring is 1. The Hall–Kier alpha value is -1.69. The highest BCUT2D eigenvalue weighted by atomic mass is 35.5. The molecule has 1 heterocycles. The molecule has 0 fully saturated rings. The van der Waals surface area contributed by atoms with Crippen LogP contribution in [-0.4, -0.2) is 15.7 Å². The average molecular weight is 216 g/mol. The van der Waals surface area contributed by atoms with Gasteiger partial charge < -0.3 is 5.73 Å². The maximum absolute atomic E-state index is 11.0. The molecule has 0 atom stereocenters. The van der Waals surface area contributed by atoms with E-state index in [0.717, 1.165) is 13.0 Å². The average Bonchev–Trinajstić information content (AvgIpc) is 2.01. The summed E-state index contributed by atoms with van der Waals surface area (Å²) in [4.78, 5) is 24.3. The molecular weight excluding hydrogens is 210 g/mol. The lowest BCUT2D eigenvalue weighted by atomic mass is 10.2. The molecule has 0 saturated heterocycles. The number of nitrogens with zero attached hydrogens (tertiary/aromatic N) is 2. The van der Waals surface area contributed by atoms with Crippen LogP contribution in [0.4, 0.5) is 11.4 Å². The third-order valence-electron chi connectivity index (χ3n) is 1.51. The number of ketones is 1. The highest BCUT2D eigenvalue weighted by Gasteiger charge is 2.23. The van der Waals surface area contributed by atoms with Crippen molar-refractivity contribution in [3.05, 3.63) is 27.0 Å². The molecule has 6 nitrogen and oxygen atoms in total. The van der Waals surface area contributed by atoms with Crippen molar-refractivity contribution in [3.63, 3.8) is 0 Å². The van der Waals surface area contributed by atoms with Gasteiger partial charge in [0.2, 0.25) is 0 Å². The molecule has 74 valence electrons. The summed E-state index contributed by atoms with van der Waals surface area (Å²) >= 11 is 5.50. The Bertz CT molecular complexity index is 419. The van der Waals surface area contributed by atoms with E-state index in [1.54, 1.807) is 0 Å². The molecule has 0 saturated carbocycles. The first kappa shape index (κ1) is 10.4. The van der Waals surface area contributed by atoms with Crippen molar-refractivity contribution in [1.82, 2.24) is 4.98 Å². The van der Waals surface area contributed by atoms with Gasteiger partial charge in [0.15, 0.2) is 11.5 Å². The predicted molar refractivity (Wildman–Crippen MR) is 50.3 cm³/mol. The number of halogens is 1. The van der Waals surface area contributed by atoms with E-state index in [4.69, 9.17) is 17.3 Å². The van der Waals surface area contributed by atoms with E-state index in [0.29, 0.717) is 0 Å². The van der Waals surface area contributed by atoms with Crippen LogP contribution < -0.4 is 5.73 Å². The number of hydrogen-bond acceptors (Lipinski definition) is 5. The van der Waals surface area contributed by atoms with Crippen LogP contribution in [0.3, 0.4) is 0 Å². The number of aromatic nitrogens is 1. The van der Waals surface area contributed by atoms with Gasteiger partial charge in [-0.05, 0) is 0 Å². The van der Waals surface area contributed by atoms with E-state index in [2.05, 4.69) is 4.98 Å². The summed E-state index contributed by atoms with van der Waals surface area (Å²) in [5, 5.41) is 10.5. The summed E-state index contributed by atoms with van der Waals surface area (Å²) in [6.07, 6.45) is 0. The lowest BCUT2D eigenvalue weighted by Gasteiger charge is -2.01. The van der Waals surface area contributed by atoms with Crippen molar-refractivity contribution in [3.8, 4) is 0 Å². The van der Waals surface area contributed by atoms with Gasteiger partial charge in [-0.2, -0.15) is 0 Å². The number of pyridine rings is 1. The van der Waals surface area contributed by atoms with Crippen molar-refractivity contribution < 1.29 is 9.72 Å². The Balaban J connectivity index is 3.52. The number of nitrogens with two attached hydrogens (primary N) is 1. The van der Waals surface area contributed by atoms with Gasteiger partial charge in [-0.3, -0.25) is 14.9 Å². The minimum absolute atomic E-state index is 0.0432. The van der Waals surface area contributed by atoms with Gasteiger partial charge in [-0.25, -0.2) is 4.98 Å². The lowest BCUT2D eigenvalue weighted by molar-refractivity contribution is -0.384. The van der Waals surface area contributed by atoms with E-state index in [9.17, 15) is 14.9 Å². The largest absolute Gasteiger partial charge is 0.393 e. The van der Waals surface area contributed by atoms with Gasteiger partial charge >= 0.3 is 5.69 Å². The van der Waals surface area contributed by atoms with E-state index in [1.807, 2.05) is 0 Å². The minimum atomic E-state index is -0.755. The van der Waals surface area contributed by atoms with Crippen LogP contribution in [0.2, 0.25) is 5.15 Å². The zero-order valence-electron chi connectivity index (χ0n) is 7.15. The molecule has 0 amide bonds. The maximum Gasteiger partial charge on any atom is 0.321 e. The van der Waals surface area contributed by atoms with Crippen molar-refractivity contribution in [2.24, 2.45) is 0 Å². The molecular formula is C7H6ClN3O3. The second-order valence-corrected chi connectivity index (χ2v) is 2.93. The molecule has 0 aliphatic rings. The predicted octanol–water partition coefficient (Wildman–Crippen LogP) is 1.43. The first-order valence-corrected chi connectivity index (χ1v) is 3.92. The summed E-state index contributed by atoms with van der Waals surface area (Å²) in [5.74, 6) is -0.550. The Morgan fingerprint density at radius 3 is 2.71 bits per heavy atom. The Morgan fingerprint density at radius 1 is 1.71 bits per heavy atom. The summed E-state index contributed by atoms with van der Waals surface area (Å²) in [7, 11) is 0. The van der Waals surface area contributed by atoms with Crippen LogP contribution in [0.1, 0.15) is 17.4 Å². The van der Waals surface area contributed by atoms with Crippen molar-refractivity contribution in [1.29, 1.82) is 0 Å². The molecule has 0 aliphatic carbocycles. The summed E-state index contributed by atoms with van der Waals surface area (Å²) < 4.78 is 0. The summed E-state index contributed by atoms with van der Waals surface area (Å²) in [6.45, 7) is 1.16. The Morgan fingerprint density at radius 2 is 2.29 bits per heavy atom. The van der Waals surface area contributed by atoms with Crippen LogP contribution in [0, 0.1) is 10.1 Å². The maximum atomic E-state index is 11.0. The summed E-state index contributed by atoms with van der Waals surface area (Å²) in [5.41, 5.74) is 4.36. The van der Waals surface area contributed by atoms with E-state index >= 15 is 0 Å². The van der Waals surface area contributed by atoms with Crippen LogP contribution >= 0.6 is 11.6 Å². The molecule has 2 N–H and O–H groups in total. The molecule has 7 heteroatoms. The first-order chi connectivity index (χ1) is 6.43. The van der Waals surface area contributed by atoms with Crippen LogP contribution in [0.25, 0.3) is 0 Å². The summed E-state index contributed by atoms with van der Waals surface area (Å²) in [6, 6.07) is 1.13. The third kappa shape index (κ3) is 1.80. The van der Waals surface area contributed by atoms with Gasteiger partial charge in [-0.1, -0.05) is 11.6 Å². The highest BCUT2D eigenvalue weighted by molar-refractivity contribution is 6.30. The molecule has 0 aromatic carbocycles. The van der Waals surface area contributed by atoms with Crippen molar-refractivity contribution in [2.45, 2.75) is 6.92 Å². The SMILES string of the molecule is CC(=O)c1nc(Cl)cc(N)c1[N+](=O)[O-]. The monoisotopic (exact) mass is 215 g/mol. The molecule has 0 unspecified atom stereocenters. The standard InChI is InChI=1S/C7H6ClN3O3/c1-3(12)6-7(11(13)14)4(9)2-5(8)10-6/h2H,1H3,(H2,9,10). The fraction of sp³-hybridized carbons (Fsp3) is 0.143. The number of hydrogen-bond donors (Lipinski definition) is 1. The van der Waals surface area contributed by atoms with Crippen LogP contribution in [0.5, 0.6) is 0 Å². The smallest absolute Gasteiger partial charge is 0.321 e. The van der Waals surface area contributed by atoms with Gasteiger partial charge in [0.1, 0.15) is 10.8 Å². The number of rotatable bonds is 2. The van der Waals surface area contributed by atoms with Crippen LogP contribution in [-0.2, 0) is 0 Å². The molecule has 0 aliphatic heterocycles. The number of carbonyl (C=O) groups is 1. The van der Waals surface area contributed by atoms with Crippen LogP contribution in [0.15, 0.2) is 6.07 Å². The molecule has 1 rings (SSSR count). The molecule has 1 aromatic heterocycles. The van der Waals surface area contributed by atoms with Gasteiger partial charge in [0.25, 0.3) is 0 Å². The molecule has 0 bridgehead atoms. The third-order valence-corrected chi connectivity index (χ3v) is 1.70. The number of carbonyl (C=O) groups excluding carboxylic acids is 1. The van der Waals surface area contributed by atoms with E-state index < -0.39 is 16.4 Å². The van der Waals surface area contributed by atoms with E-state index in [-0.39, 0.29) is 16.5 Å². The van der Waals surface area contributed by atoms with E-state index in [1.165, 1.54) is 0 Å². The molecule has 0 spiro atoms. The topological polar surface area (TPSA) is 99.1 Å². The Kier molecular flexibility index (Phi) is 2.66. The highest BCUT2D eigenvalue weighted by Crippen LogP contribution is 2.27. The number of nitro groups is 1. The Labute approximate surface area is 83.8 Å². The number of anilines is 1. The first-order valence-electron chi connectivity index (χ1n) is 3.55. The zero-order chi connectivity index (χ0) is 10.9. The molecule has 14 heavy (non-hydrogen) atoms. The van der Waals surface area contributed by atoms with Crippen molar-refractivity contribution >= 4 is 28.8 Å². The van der Waals surface area contributed by atoms with Gasteiger partial charge in [-0.15, -0.1) is 0 Å². The second kappa shape index (κ2) is 3.59. The lowest BCUT2D eigenvalue weighted by Crippen LogP contribution is -2.06. The van der Waals surface area contributed by atoms with Crippen molar-refractivity contribution in [2.75, 3.05) is 5.73 Å². The fourth-order valence-corrected chi connectivity index (χ4v) is 1.16. The van der Waals surface area contributed by atoms with Gasteiger partial charge in [0.05, 0.1) is 4.92 Å². The normalized spacial score (nSPS) is 9.86. The molecule has 0 radical (unpaired) electrons. The number of Topliss-reactive ketones (excluding diaryl/α,β-unsaturated/α-hetero) is 1.